The number of ether oxygens (including phenoxy) is 1. The zero-order valence-corrected chi connectivity index (χ0v) is 19.5. The van der Waals surface area contributed by atoms with Crippen LogP contribution in [0.3, 0.4) is 0 Å². The minimum atomic E-state index is -0.891. The highest BCUT2D eigenvalue weighted by atomic mass is 16.5. The number of H-pyrrole nitrogens is 1. The molecule has 5 rings (SSSR count). The molecule has 1 saturated carbocycles. The Balaban J connectivity index is 1.29. The first-order chi connectivity index (χ1) is 15.3. The molecule has 2 bridgehead atoms. The third-order valence-electron chi connectivity index (χ3n) is 8.14. The Bertz CT molecular complexity index is 1020. The molecule has 2 aliphatic heterocycles. The van der Waals surface area contributed by atoms with Crippen molar-refractivity contribution in [2.75, 3.05) is 13.1 Å². The van der Waals surface area contributed by atoms with Gasteiger partial charge in [-0.25, -0.2) is 4.98 Å². The Hall–Kier alpha value is -2.54. The second kappa shape index (κ2) is 7.80. The van der Waals surface area contributed by atoms with Crippen molar-refractivity contribution < 1.29 is 14.6 Å². The lowest BCUT2D eigenvalue weighted by atomic mass is 9.85. The number of nitrogens with zero attached hydrogens (tertiary/aromatic N) is 2. The molecule has 3 N–H and O–H groups in total. The molecular weight excluding hydrogens is 404 g/mol. The number of nitrogens with one attached hydrogen (secondary N) is 2. The van der Waals surface area contributed by atoms with E-state index in [0.29, 0.717) is 24.0 Å². The lowest BCUT2D eigenvalue weighted by Crippen LogP contribution is -2.58. The van der Waals surface area contributed by atoms with Gasteiger partial charge in [0.15, 0.2) is 5.60 Å². The van der Waals surface area contributed by atoms with Crippen LogP contribution in [0, 0.1) is 32.6 Å². The number of carbonyl (C=O) groups is 1. The fraction of sp³-hybridized carbons (Fsp3) is 0.600. The Labute approximate surface area is 189 Å². The van der Waals surface area contributed by atoms with Crippen molar-refractivity contribution in [2.45, 2.75) is 71.6 Å². The van der Waals surface area contributed by atoms with Gasteiger partial charge in [-0.1, -0.05) is 0 Å². The summed E-state index contributed by atoms with van der Waals surface area (Å²) >= 11 is 0. The molecule has 0 radical (unpaired) electrons. The minimum Gasteiger partial charge on any atom is -0.507 e. The van der Waals surface area contributed by atoms with Crippen molar-refractivity contribution in [3.8, 4) is 11.5 Å². The number of piperidine rings is 1. The Morgan fingerprint density at radius 1 is 1.25 bits per heavy atom. The van der Waals surface area contributed by atoms with Crippen LogP contribution >= 0.6 is 0 Å². The van der Waals surface area contributed by atoms with Gasteiger partial charge < -0.3 is 20.1 Å². The van der Waals surface area contributed by atoms with Gasteiger partial charge in [0.25, 0.3) is 5.91 Å². The van der Waals surface area contributed by atoms with Gasteiger partial charge in [-0.15, -0.1) is 0 Å². The Kier molecular flexibility index (Phi) is 5.19. The Morgan fingerprint density at radius 2 is 1.97 bits per heavy atom. The average Bonchev–Trinajstić information content (AvgIpc) is 3.36. The second-order valence-electron chi connectivity index (χ2n) is 10.2. The predicted molar refractivity (Wildman–Crippen MR) is 122 cm³/mol. The number of aromatic amines is 1. The quantitative estimate of drug-likeness (QED) is 0.682. The van der Waals surface area contributed by atoms with Crippen LogP contribution in [0.15, 0.2) is 12.4 Å². The molecule has 3 heterocycles. The third kappa shape index (κ3) is 3.47. The number of carbonyl (C=O) groups excluding carboxylic acids is 1. The molecular formula is C25H34N4O3. The summed E-state index contributed by atoms with van der Waals surface area (Å²) in [6.45, 7) is 10.5. The molecule has 2 unspecified atom stereocenters. The maximum absolute atomic E-state index is 13.5. The van der Waals surface area contributed by atoms with E-state index >= 15 is 0 Å². The average molecular weight is 439 g/mol. The van der Waals surface area contributed by atoms with E-state index in [0.717, 1.165) is 72.7 Å². The first kappa shape index (κ1) is 21.3. The number of rotatable bonds is 4. The zero-order valence-electron chi connectivity index (χ0n) is 19.5. The van der Waals surface area contributed by atoms with E-state index < -0.39 is 5.60 Å². The van der Waals surface area contributed by atoms with Crippen LogP contribution in [-0.2, 0) is 17.8 Å². The van der Waals surface area contributed by atoms with Crippen molar-refractivity contribution in [3.05, 3.63) is 40.5 Å². The van der Waals surface area contributed by atoms with E-state index in [1.54, 1.807) is 6.20 Å². The van der Waals surface area contributed by atoms with E-state index in [9.17, 15) is 9.90 Å². The minimum absolute atomic E-state index is 0.00712. The Morgan fingerprint density at radius 3 is 2.62 bits per heavy atom. The second-order valence-corrected chi connectivity index (χ2v) is 10.2. The molecule has 2 fully saturated rings. The number of hydrogen-bond acceptors (Lipinski definition) is 5. The van der Waals surface area contributed by atoms with Crippen molar-refractivity contribution in [1.82, 2.24) is 20.2 Å². The number of likely N-dealkylation sites (tertiary alicyclic amines) is 1. The van der Waals surface area contributed by atoms with Crippen molar-refractivity contribution >= 4 is 5.91 Å². The number of phenolic OH excluding ortho intramolecular Hbond substituents is 1. The highest BCUT2D eigenvalue weighted by Gasteiger charge is 2.47. The lowest BCUT2D eigenvalue weighted by molar-refractivity contribution is -0.138. The molecule has 172 valence electrons. The van der Waals surface area contributed by atoms with Gasteiger partial charge in [0.1, 0.15) is 17.3 Å². The molecule has 32 heavy (non-hydrogen) atoms. The summed E-state index contributed by atoms with van der Waals surface area (Å²) < 4.78 is 6.41. The summed E-state index contributed by atoms with van der Waals surface area (Å²) in [6, 6.07) is 0.210. The molecule has 0 spiro atoms. The van der Waals surface area contributed by atoms with E-state index in [2.05, 4.69) is 20.2 Å². The standard InChI is InChI=1S/C25H34N4O3/c1-14-15(2)23-19(16(3)22(14)30)7-8-25(4,32-23)24(31)28-21-17-5-6-18(21)12-29(11-17)13-20-26-9-10-27-20/h9-10,17-18,21,30H,5-8,11-13H2,1-4H3,(H,26,27)(H,28,31)/t17-,18+,21?,25?. The molecule has 4 atom stereocenters. The molecule has 1 aliphatic carbocycles. The van der Waals surface area contributed by atoms with Gasteiger partial charge >= 0.3 is 0 Å². The smallest absolute Gasteiger partial charge is 0.264 e. The largest absolute Gasteiger partial charge is 0.507 e. The van der Waals surface area contributed by atoms with Crippen molar-refractivity contribution in [2.24, 2.45) is 11.8 Å². The molecule has 7 nitrogen and oxygen atoms in total. The number of imidazole rings is 1. The lowest BCUT2D eigenvalue weighted by Gasteiger charge is -2.41. The SMILES string of the molecule is Cc1c(C)c2c(c(C)c1O)CCC(C)(C(=O)NC1[C@@H]3CC[C@H]1CN(Cc1ncc[nH]1)C3)O2. The van der Waals surface area contributed by atoms with Crippen molar-refractivity contribution in [1.29, 1.82) is 0 Å². The molecule has 2 aromatic rings. The van der Waals surface area contributed by atoms with E-state index in [-0.39, 0.29) is 11.9 Å². The summed E-state index contributed by atoms with van der Waals surface area (Å²) in [6.07, 6.45) is 7.32. The molecule has 1 saturated heterocycles. The summed E-state index contributed by atoms with van der Waals surface area (Å²) in [5.74, 6) is 3.05. The number of fused-ring (bicyclic) bond motifs is 3. The number of benzene rings is 1. The van der Waals surface area contributed by atoms with E-state index in [4.69, 9.17) is 4.74 Å². The van der Waals surface area contributed by atoms with Crippen LogP contribution in [0.4, 0.5) is 0 Å². The van der Waals surface area contributed by atoms with Crippen LogP contribution in [-0.4, -0.2) is 50.6 Å². The molecule has 1 amide bonds. The normalized spacial score (nSPS) is 29.4. The van der Waals surface area contributed by atoms with Crippen LogP contribution in [0.25, 0.3) is 0 Å². The summed E-state index contributed by atoms with van der Waals surface area (Å²) in [4.78, 5) is 23.5. The first-order valence-electron chi connectivity index (χ1n) is 11.8. The molecule has 3 aliphatic rings. The van der Waals surface area contributed by atoms with Gasteiger partial charge in [0.05, 0.1) is 6.54 Å². The van der Waals surface area contributed by atoms with Gasteiger partial charge in [0, 0.05) is 43.5 Å². The van der Waals surface area contributed by atoms with E-state index in [1.165, 1.54) is 0 Å². The third-order valence-corrected chi connectivity index (χ3v) is 8.14. The number of phenols is 1. The van der Waals surface area contributed by atoms with Crippen LogP contribution < -0.4 is 10.1 Å². The van der Waals surface area contributed by atoms with Crippen molar-refractivity contribution in [3.63, 3.8) is 0 Å². The fourth-order valence-electron chi connectivity index (χ4n) is 5.99. The van der Waals surface area contributed by atoms with E-state index in [1.807, 2.05) is 33.9 Å². The topological polar surface area (TPSA) is 90.5 Å². The highest BCUT2D eigenvalue weighted by Crippen LogP contribution is 2.44. The molecule has 1 aromatic heterocycles. The van der Waals surface area contributed by atoms with Gasteiger partial charge in [-0.05, 0) is 75.5 Å². The maximum atomic E-state index is 13.5. The highest BCUT2D eigenvalue weighted by molar-refractivity contribution is 5.86. The maximum Gasteiger partial charge on any atom is 0.264 e. The van der Waals surface area contributed by atoms with Gasteiger partial charge in [0.2, 0.25) is 0 Å². The first-order valence-corrected chi connectivity index (χ1v) is 11.8. The zero-order chi connectivity index (χ0) is 22.6. The van der Waals surface area contributed by atoms with Gasteiger partial charge in [-0.3, -0.25) is 9.69 Å². The number of aromatic nitrogens is 2. The summed E-state index contributed by atoms with van der Waals surface area (Å²) in [7, 11) is 0. The number of amides is 1. The molecule has 1 aromatic carbocycles. The summed E-state index contributed by atoms with van der Waals surface area (Å²) in [5, 5.41) is 13.8. The monoisotopic (exact) mass is 438 g/mol. The van der Waals surface area contributed by atoms with Crippen LogP contribution in [0.5, 0.6) is 11.5 Å². The van der Waals surface area contributed by atoms with Crippen LogP contribution in [0.1, 0.15) is 54.3 Å². The fourth-order valence-corrected chi connectivity index (χ4v) is 5.99. The number of hydrogen-bond donors (Lipinski definition) is 3. The van der Waals surface area contributed by atoms with Crippen LogP contribution in [0.2, 0.25) is 0 Å². The predicted octanol–water partition coefficient (Wildman–Crippen LogP) is 3.15. The molecule has 7 heteroatoms. The summed E-state index contributed by atoms with van der Waals surface area (Å²) in [5.41, 5.74) is 2.76. The number of aromatic hydroxyl groups is 1. The van der Waals surface area contributed by atoms with Gasteiger partial charge in [-0.2, -0.15) is 0 Å².